The molecule has 0 radical (unpaired) electrons. The number of amides is 1. The topological polar surface area (TPSA) is 50.8 Å². The first-order valence-corrected chi connectivity index (χ1v) is 5.37. The lowest BCUT2D eigenvalue weighted by molar-refractivity contribution is -0.731. The molecule has 88 valence electrons. The van der Waals surface area contributed by atoms with Crippen LogP contribution in [0.15, 0.2) is 30.5 Å². The van der Waals surface area contributed by atoms with E-state index in [0.717, 1.165) is 11.3 Å². The molecule has 0 saturated heterocycles. The maximum absolute atomic E-state index is 11.1. The van der Waals surface area contributed by atoms with E-state index in [-0.39, 0.29) is 5.91 Å². The molecule has 0 spiro atoms. The fourth-order valence-electron chi connectivity index (χ4n) is 1.69. The van der Waals surface area contributed by atoms with Crippen molar-refractivity contribution in [3.05, 3.63) is 36.0 Å². The second-order valence-corrected chi connectivity index (χ2v) is 3.96. The monoisotopic (exact) mass is 231 g/mol. The van der Waals surface area contributed by atoms with E-state index < -0.39 is 0 Å². The summed E-state index contributed by atoms with van der Waals surface area (Å²) in [4.78, 5) is 11.1. The van der Waals surface area contributed by atoms with Gasteiger partial charge in [0.2, 0.25) is 5.91 Å². The summed E-state index contributed by atoms with van der Waals surface area (Å²) in [6.45, 7) is 3.49. The average molecular weight is 231 g/mol. The predicted octanol–water partition coefficient (Wildman–Crippen LogP) is 0.964. The number of hydrogen-bond donors (Lipinski definition) is 1. The van der Waals surface area contributed by atoms with E-state index >= 15 is 0 Å². The molecule has 0 aliphatic carbocycles. The zero-order valence-corrected chi connectivity index (χ0v) is 10.1. The van der Waals surface area contributed by atoms with Crippen LogP contribution in [-0.4, -0.2) is 15.8 Å². The van der Waals surface area contributed by atoms with Gasteiger partial charge in [0.1, 0.15) is 7.05 Å². The molecular weight excluding hydrogens is 216 g/mol. The van der Waals surface area contributed by atoms with Crippen LogP contribution in [0, 0.1) is 6.92 Å². The summed E-state index contributed by atoms with van der Waals surface area (Å²) >= 11 is 0. The van der Waals surface area contributed by atoms with Crippen molar-refractivity contribution >= 4 is 11.7 Å². The second kappa shape index (κ2) is 4.37. The Hall–Kier alpha value is -2.17. The molecule has 0 aliphatic rings. The Balaban J connectivity index is 2.51. The minimum Gasteiger partial charge on any atom is -0.288 e. The Morgan fingerprint density at radius 3 is 2.76 bits per heavy atom. The van der Waals surface area contributed by atoms with Crippen molar-refractivity contribution in [1.29, 1.82) is 0 Å². The molecule has 1 aromatic carbocycles. The van der Waals surface area contributed by atoms with Crippen LogP contribution in [-0.2, 0) is 11.8 Å². The summed E-state index contributed by atoms with van der Waals surface area (Å²) in [6, 6.07) is 7.89. The van der Waals surface area contributed by atoms with Crippen molar-refractivity contribution in [3.8, 4) is 5.69 Å². The number of nitrogens with one attached hydrogen (secondary N) is 1. The fourth-order valence-corrected chi connectivity index (χ4v) is 1.69. The number of hydrogen-bond acceptors (Lipinski definition) is 2. The minimum absolute atomic E-state index is 0.111. The van der Waals surface area contributed by atoms with Crippen molar-refractivity contribution in [2.24, 2.45) is 7.05 Å². The molecule has 0 saturated carbocycles. The van der Waals surface area contributed by atoms with Gasteiger partial charge in [0.15, 0.2) is 11.9 Å². The van der Waals surface area contributed by atoms with Gasteiger partial charge in [-0.2, -0.15) is 0 Å². The van der Waals surface area contributed by atoms with Crippen LogP contribution in [0.2, 0.25) is 0 Å². The van der Waals surface area contributed by atoms with Gasteiger partial charge in [0.05, 0.1) is 5.21 Å². The van der Waals surface area contributed by atoms with Gasteiger partial charge in [-0.15, -0.1) is 4.68 Å². The molecule has 5 nitrogen and oxygen atoms in total. The number of carbonyl (C=O) groups is 1. The Kier molecular flexibility index (Phi) is 2.91. The maximum Gasteiger partial charge on any atom is 0.270 e. The van der Waals surface area contributed by atoms with Crippen LogP contribution in [0.1, 0.15) is 12.5 Å². The highest BCUT2D eigenvalue weighted by Gasteiger charge is 2.18. The molecule has 0 bridgehead atoms. The average Bonchev–Trinajstić information content (AvgIpc) is 2.59. The third kappa shape index (κ3) is 2.33. The standard InChI is InChI=1S/C12H14N4O/c1-9-6-4-5-7-11(9)16-12(13-10(2)17)8-15(3)14-16/h4-8H,1-3H3/p+1. The van der Waals surface area contributed by atoms with Crippen LogP contribution in [0.3, 0.4) is 0 Å². The maximum atomic E-state index is 11.1. The van der Waals surface area contributed by atoms with Crippen molar-refractivity contribution in [3.63, 3.8) is 0 Å². The molecule has 2 rings (SSSR count). The van der Waals surface area contributed by atoms with Gasteiger partial charge >= 0.3 is 0 Å². The number of rotatable bonds is 2. The molecule has 0 unspecified atom stereocenters. The van der Waals surface area contributed by atoms with E-state index in [1.54, 1.807) is 15.6 Å². The zero-order chi connectivity index (χ0) is 12.4. The predicted molar refractivity (Wildman–Crippen MR) is 63.8 cm³/mol. The summed E-state index contributed by atoms with van der Waals surface area (Å²) in [5.41, 5.74) is 2.06. The minimum atomic E-state index is -0.111. The Bertz CT molecular complexity index is 559. The summed E-state index contributed by atoms with van der Waals surface area (Å²) < 4.78 is 3.38. The largest absolute Gasteiger partial charge is 0.288 e. The van der Waals surface area contributed by atoms with E-state index in [2.05, 4.69) is 10.5 Å². The smallest absolute Gasteiger partial charge is 0.270 e. The molecule has 5 heteroatoms. The molecule has 0 aliphatic heterocycles. The lowest BCUT2D eigenvalue weighted by Gasteiger charge is -2.01. The molecule has 0 fully saturated rings. The summed E-state index contributed by atoms with van der Waals surface area (Å²) in [5, 5.41) is 7.07. The third-order valence-electron chi connectivity index (χ3n) is 2.42. The molecule has 1 aromatic heterocycles. The highest BCUT2D eigenvalue weighted by molar-refractivity contribution is 5.87. The highest BCUT2D eigenvalue weighted by atomic mass is 16.1. The lowest BCUT2D eigenvalue weighted by Crippen LogP contribution is -2.30. The van der Waals surface area contributed by atoms with Crippen LogP contribution in [0.4, 0.5) is 5.82 Å². The SMILES string of the molecule is CC(=O)Nc1c[n+](C)nn1-c1ccccc1C. The van der Waals surface area contributed by atoms with E-state index in [1.165, 1.54) is 6.92 Å². The zero-order valence-electron chi connectivity index (χ0n) is 10.1. The van der Waals surface area contributed by atoms with Crippen LogP contribution in [0.25, 0.3) is 5.69 Å². The van der Waals surface area contributed by atoms with Gasteiger partial charge < -0.3 is 0 Å². The molecule has 1 amide bonds. The first kappa shape index (κ1) is 11.3. The van der Waals surface area contributed by atoms with E-state index in [0.29, 0.717) is 5.82 Å². The number of nitrogens with zero attached hydrogens (tertiary/aromatic N) is 3. The molecule has 17 heavy (non-hydrogen) atoms. The van der Waals surface area contributed by atoms with Gasteiger partial charge in [-0.3, -0.25) is 10.1 Å². The molecule has 2 aromatic rings. The summed E-state index contributed by atoms with van der Waals surface area (Å²) in [7, 11) is 1.82. The van der Waals surface area contributed by atoms with Gasteiger partial charge in [0.25, 0.3) is 5.82 Å². The van der Waals surface area contributed by atoms with E-state index in [4.69, 9.17) is 0 Å². The van der Waals surface area contributed by atoms with Gasteiger partial charge in [0, 0.05) is 6.92 Å². The number of anilines is 1. The van der Waals surface area contributed by atoms with Gasteiger partial charge in [-0.05, 0) is 18.6 Å². The Morgan fingerprint density at radius 1 is 1.41 bits per heavy atom. The summed E-state index contributed by atoms with van der Waals surface area (Å²) in [6.07, 6.45) is 1.77. The quantitative estimate of drug-likeness (QED) is 0.783. The fraction of sp³-hybridized carbons (Fsp3) is 0.250. The third-order valence-corrected chi connectivity index (χ3v) is 2.42. The number of aromatic nitrogens is 3. The number of benzene rings is 1. The van der Waals surface area contributed by atoms with Crippen LogP contribution in [0.5, 0.6) is 0 Å². The Morgan fingerprint density at radius 2 is 2.12 bits per heavy atom. The van der Waals surface area contributed by atoms with Crippen LogP contribution >= 0.6 is 0 Å². The second-order valence-electron chi connectivity index (χ2n) is 3.96. The van der Waals surface area contributed by atoms with Gasteiger partial charge in [-0.25, -0.2) is 0 Å². The van der Waals surface area contributed by atoms with Crippen molar-refractivity contribution in [2.75, 3.05) is 5.32 Å². The number of carbonyl (C=O) groups excluding carboxylic acids is 1. The number of para-hydroxylation sites is 1. The van der Waals surface area contributed by atoms with Crippen molar-refractivity contribution in [2.45, 2.75) is 13.8 Å². The molecular formula is C12H15N4O+. The highest BCUT2D eigenvalue weighted by Crippen LogP contribution is 2.16. The van der Waals surface area contributed by atoms with Gasteiger partial charge in [-0.1, -0.05) is 22.9 Å². The molecule has 1 N–H and O–H groups in total. The first-order valence-electron chi connectivity index (χ1n) is 5.37. The molecule has 1 heterocycles. The van der Waals surface area contributed by atoms with Crippen molar-refractivity contribution in [1.82, 2.24) is 9.90 Å². The van der Waals surface area contributed by atoms with E-state index in [9.17, 15) is 4.79 Å². The van der Waals surface area contributed by atoms with Crippen molar-refractivity contribution < 1.29 is 9.48 Å². The lowest BCUT2D eigenvalue weighted by atomic mass is 10.2. The van der Waals surface area contributed by atoms with Crippen LogP contribution < -0.4 is 10.00 Å². The van der Waals surface area contributed by atoms with E-state index in [1.807, 2.05) is 38.2 Å². The normalized spacial score (nSPS) is 10.3. The first-order chi connectivity index (χ1) is 8.08. The summed E-state index contributed by atoms with van der Waals surface area (Å²) in [5.74, 6) is 0.551. The Labute approximate surface area is 99.7 Å². The number of aryl methyl sites for hydroxylation is 2. The molecule has 0 atom stereocenters.